The van der Waals surface area contributed by atoms with Crippen molar-refractivity contribution in [3.63, 3.8) is 0 Å². The molecule has 0 bridgehead atoms. The summed E-state index contributed by atoms with van der Waals surface area (Å²) in [5.41, 5.74) is 1.62. The van der Waals surface area contributed by atoms with Gasteiger partial charge in [-0.15, -0.1) is 10.2 Å². The molecule has 0 unspecified atom stereocenters. The van der Waals surface area contributed by atoms with Crippen molar-refractivity contribution in [3.8, 4) is 23.0 Å². The zero-order valence-corrected chi connectivity index (χ0v) is 14.6. The smallest absolute Gasteiger partial charge is 0.247 e. The van der Waals surface area contributed by atoms with Crippen LogP contribution in [0.3, 0.4) is 0 Å². The number of carbonyl (C=O) groups excluding carboxylic acids is 1. The molecule has 1 heterocycles. The molecule has 0 aliphatic heterocycles. The Bertz CT molecular complexity index is 892. The van der Waals surface area contributed by atoms with Crippen molar-refractivity contribution in [2.75, 3.05) is 14.2 Å². The molecule has 0 saturated carbocycles. The zero-order valence-electron chi connectivity index (χ0n) is 14.6. The number of aromatic nitrogens is 2. The van der Waals surface area contributed by atoms with Crippen molar-refractivity contribution in [3.05, 3.63) is 60.0 Å². The molecule has 0 radical (unpaired) electrons. The molecule has 7 nitrogen and oxygen atoms in total. The summed E-state index contributed by atoms with van der Waals surface area (Å²) in [7, 11) is 3.19. The Morgan fingerprint density at radius 3 is 2.54 bits per heavy atom. The van der Waals surface area contributed by atoms with Gasteiger partial charge in [0.15, 0.2) is 0 Å². The van der Waals surface area contributed by atoms with E-state index in [1.807, 2.05) is 42.5 Å². The molecule has 1 N–H and O–H groups in total. The largest absolute Gasteiger partial charge is 0.497 e. The molecule has 0 aliphatic carbocycles. The van der Waals surface area contributed by atoms with Crippen LogP contribution in [0.2, 0.25) is 0 Å². The summed E-state index contributed by atoms with van der Waals surface area (Å²) in [5, 5.41) is 10.7. The van der Waals surface area contributed by atoms with Crippen LogP contribution < -0.4 is 14.8 Å². The van der Waals surface area contributed by atoms with Gasteiger partial charge in [0, 0.05) is 5.56 Å². The van der Waals surface area contributed by atoms with Crippen LogP contribution in [0.15, 0.2) is 52.9 Å². The van der Waals surface area contributed by atoms with Crippen molar-refractivity contribution in [1.82, 2.24) is 15.5 Å². The van der Waals surface area contributed by atoms with Crippen molar-refractivity contribution in [2.45, 2.75) is 13.0 Å². The summed E-state index contributed by atoms with van der Waals surface area (Å²) in [6.07, 6.45) is 0.244. The highest BCUT2D eigenvalue weighted by Crippen LogP contribution is 2.22. The average Bonchev–Trinajstić information content (AvgIpc) is 3.16. The number of benzene rings is 2. The molecular weight excluding hydrogens is 334 g/mol. The van der Waals surface area contributed by atoms with E-state index in [2.05, 4.69) is 15.5 Å². The van der Waals surface area contributed by atoms with Gasteiger partial charge in [-0.3, -0.25) is 4.79 Å². The number of carbonyl (C=O) groups is 1. The molecule has 0 atom stereocenters. The number of hydrogen-bond donors (Lipinski definition) is 1. The Morgan fingerprint density at radius 1 is 1.04 bits per heavy atom. The van der Waals surface area contributed by atoms with Crippen LogP contribution in [-0.2, 0) is 17.8 Å². The van der Waals surface area contributed by atoms with Gasteiger partial charge in [-0.1, -0.05) is 18.2 Å². The molecule has 0 saturated heterocycles. The topological polar surface area (TPSA) is 86.5 Å². The van der Waals surface area contributed by atoms with E-state index < -0.39 is 0 Å². The van der Waals surface area contributed by atoms with E-state index in [9.17, 15) is 4.79 Å². The lowest BCUT2D eigenvalue weighted by Gasteiger charge is -2.05. The molecule has 0 aliphatic rings. The lowest BCUT2D eigenvalue weighted by Crippen LogP contribution is -2.24. The maximum Gasteiger partial charge on any atom is 0.247 e. The molecule has 2 aromatic carbocycles. The Hall–Kier alpha value is -3.35. The van der Waals surface area contributed by atoms with E-state index in [4.69, 9.17) is 13.9 Å². The predicted octanol–water partition coefficient (Wildman–Crippen LogP) is 2.61. The Balaban J connectivity index is 1.58. The number of nitrogens with one attached hydrogen (secondary N) is 1. The highest BCUT2D eigenvalue weighted by atomic mass is 16.5. The van der Waals surface area contributed by atoms with Crippen LogP contribution in [0.5, 0.6) is 11.5 Å². The minimum absolute atomic E-state index is 0.139. The van der Waals surface area contributed by atoms with Gasteiger partial charge in [-0.2, -0.15) is 0 Å². The molecule has 134 valence electrons. The molecule has 1 amide bonds. The minimum Gasteiger partial charge on any atom is -0.497 e. The summed E-state index contributed by atoms with van der Waals surface area (Å²) < 4.78 is 15.9. The SMILES string of the molecule is COc1cccc(CC(=O)NCc2nnc(-c3cccc(OC)c3)o2)c1. The Kier molecular flexibility index (Phi) is 5.48. The van der Waals surface area contributed by atoms with E-state index in [1.54, 1.807) is 20.3 Å². The Labute approximate surface area is 151 Å². The van der Waals surface area contributed by atoms with Crippen LogP contribution >= 0.6 is 0 Å². The monoisotopic (exact) mass is 353 g/mol. The quantitative estimate of drug-likeness (QED) is 0.703. The minimum atomic E-state index is -0.139. The average molecular weight is 353 g/mol. The third-order valence-corrected chi connectivity index (χ3v) is 3.72. The Morgan fingerprint density at radius 2 is 1.77 bits per heavy atom. The van der Waals surface area contributed by atoms with Crippen LogP contribution in [0.1, 0.15) is 11.5 Å². The first kappa shape index (κ1) is 17.5. The van der Waals surface area contributed by atoms with Crippen molar-refractivity contribution < 1.29 is 18.7 Å². The standard InChI is InChI=1S/C19H19N3O4/c1-24-15-7-3-5-13(9-15)10-17(23)20-12-18-21-22-19(26-18)14-6-4-8-16(11-14)25-2/h3-9,11H,10,12H2,1-2H3,(H,20,23). The van der Waals surface area contributed by atoms with Gasteiger partial charge in [0.05, 0.1) is 27.2 Å². The van der Waals surface area contributed by atoms with E-state index in [-0.39, 0.29) is 18.9 Å². The second-order valence-electron chi connectivity index (χ2n) is 5.54. The molecule has 0 fully saturated rings. The third kappa shape index (κ3) is 4.38. The van der Waals surface area contributed by atoms with Gasteiger partial charge in [-0.05, 0) is 35.9 Å². The summed E-state index contributed by atoms with van der Waals surface area (Å²) in [5.74, 6) is 1.99. The molecule has 1 aromatic heterocycles. The van der Waals surface area contributed by atoms with Gasteiger partial charge in [0.1, 0.15) is 11.5 Å². The highest BCUT2D eigenvalue weighted by Gasteiger charge is 2.11. The normalized spacial score (nSPS) is 10.4. The third-order valence-electron chi connectivity index (χ3n) is 3.72. The van der Waals surface area contributed by atoms with Gasteiger partial charge < -0.3 is 19.2 Å². The molecule has 3 rings (SSSR count). The summed E-state index contributed by atoms with van der Waals surface area (Å²) in [4.78, 5) is 12.1. The van der Waals surface area contributed by atoms with Gasteiger partial charge in [-0.25, -0.2) is 0 Å². The first-order chi connectivity index (χ1) is 12.7. The molecule has 3 aromatic rings. The van der Waals surface area contributed by atoms with Gasteiger partial charge in [0.25, 0.3) is 0 Å². The van der Waals surface area contributed by atoms with Crippen LogP contribution in [0.4, 0.5) is 0 Å². The van der Waals surface area contributed by atoms with Crippen molar-refractivity contribution >= 4 is 5.91 Å². The summed E-state index contributed by atoms with van der Waals surface area (Å²) in [6, 6.07) is 14.7. The maximum atomic E-state index is 12.1. The molecule has 26 heavy (non-hydrogen) atoms. The lowest BCUT2D eigenvalue weighted by molar-refractivity contribution is -0.120. The maximum absolute atomic E-state index is 12.1. The van der Waals surface area contributed by atoms with Gasteiger partial charge >= 0.3 is 0 Å². The summed E-state index contributed by atoms with van der Waals surface area (Å²) >= 11 is 0. The fourth-order valence-electron chi connectivity index (χ4n) is 2.40. The number of nitrogens with zero attached hydrogens (tertiary/aromatic N) is 2. The second-order valence-corrected chi connectivity index (χ2v) is 5.54. The number of hydrogen-bond acceptors (Lipinski definition) is 6. The van der Waals surface area contributed by atoms with Gasteiger partial charge in [0.2, 0.25) is 17.7 Å². The zero-order chi connectivity index (χ0) is 18.4. The predicted molar refractivity (Wildman–Crippen MR) is 94.8 cm³/mol. The highest BCUT2D eigenvalue weighted by molar-refractivity contribution is 5.78. The first-order valence-corrected chi connectivity index (χ1v) is 8.04. The van der Waals surface area contributed by atoms with Crippen molar-refractivity contribution in [2.24, 2.45) is 0 Å². The van der Waals surface area contributed by atoms with E-state index >= 15 is 0 Å². The molecular formula is C19H19N3O4. The molecule has 7 heteroatoms. The van der Waals surface area contributed by atoms with E-state index in [0.29, 0.717) is 17.5 Å². The van der Waals surface area contributed by atoms with Crippen LogP contribution in [0.25, 0.3) is 11.5 Å². The number of amides is 1. The number of methoxy groups -OCH3 is 2. The van der Waals surface area contributed by atoms with Crippen molar-refractivity contribution in [1.29, 1.82) is 0 Å². The number of rotatable bonds is 7. The molecule has 0 spiro atoms. The fraction of sp³-hybridized carbons (Fsp3) is 0.211. The van der Waals surface area contributed by atoms with E-state index in [1.165, 1.54) is 0 Å². The van der Waals surface area contributed by atoms with Crippen LogP contribution in [0, 0.1) is 0 Å². The fourth-order valence-corrected chi connectivity index (χ4v) is 2.40. The summed E-state index contributed by atoms with van der Waals surface area (Å²) in [6.45, 7) is 0.166. The van der Waals surface area contributed by atoms with E-state index in [0.717, 1.165) is 16.9 Å². The van der Waals surface area contributed by atoms with Crippen LogP contribution in [-0.4, -0.2) is 30.3 Å². The first-order valence-electron chi connectivity index (χ1n) is 8.04. The lowest BCUT2D eigenvalue weighted by atomic mass is 10.1. The second kappa shape index (κ2) is 8.15. The number of ether oxygens (including phenoxy) is 2.